The van der Waals surface area contributed by atoms with E-state index in [4.69, 9.17) is 4.42 Å². The molecule has 10 heteroatoms. The van der Waals surface area contributed by atoms with Gasteiger partial charge in [-0.15, -0.1) is 5.10 Å². The molecule has 2 amide bonds. The van der Waals surface area contributed by atoms with Crippen molar-refractivity contribution in [2.24, 2.45) is 0 Å². The van der Waals surface area contributed by atoms with Gasteiger partial charge in [0.2, 0.25) is 11.8 Å². The number of likely N-dealkylation sites (N-methyl/N-ethyl adjacent to an activating group) is 1. The molecule has 0 spiro atoms. The normalized spacial score (nSPS) is 25.4. The van der Waals surface area contributed by atoms with Gasteiger partial charge in [0.15, 0.2) is 0 Å². The summed E-state index contributed by atoms with van der Waals surface area (Å²) in [5.74, 6) is 0.791. The monoisotopic (exact) mass is 418 g/mol. The number of nitrogens with zero attached hydrogens (tertiary/aromatic N) is 4. The van der Waals surface area contributed by atoms with Gasteiger partial charge in [-0.1, -0.05) is 4.49 Å². The summed E-state index contributed by atoms with van der Waals surface area (Å²) in [5, 5.41) is 12.0. The van der Waals surface area contributed by atoms with Crippen molar-refractivity contribution in [1.29, 1.82) is 0 Å². The van der Waals surface area contributed by atoms with Gasteiger partial charge < -0.3 is 15.1 Å². The number of aromatic nitrogens is 2. The molecule has 29 heavy (non-hydrogen) atoms. The zero-order valence-electron chi connectivity index (χ0n) is 16.4. The summed E-state index contributed by atoms with van der Waals surface area (Å²) in [6.45, 7) is 2.44. The maximum absolute atomic E-state index is 12.8. The Morgan fingerprint density at radius 2 is 2.38 bits per heavy atom. The second-order valence-corrected chi connectivity index (χ2v) is 8.24. The van der Waals surface area contributed by atoms with Crippen LogP contribution in [0.25, 0.3) is 0 Å². The Morgan fingerprint density at radius 3 is 3.14 bits per heavy atom. The Kier molecular flexibility index (Phi) is 6.22. The van der Waals surface area contributed by atoms with Crippen LogP contribution in [0.4, 0.5) is 0 Å². The summed E-state index contributed by atoms with van der Waals surface area (Å²) in [7, 11) is 2.07. The second kappa shape index (κ2) is 9.02. The Labute approximate surface area is 173 Å². The molecule has 3 atom stereocenters. The van der Waals surface area contributed by atoms with Gasteiger partial charge in [-0.05, 0) is 43.6 Å². The van der Waals surface area contributed by atoms with Crippen LogP contribution in [0.5, 0.6) is 0 Å². The molecule has 0 aliphatic carbocycles. The minimum atomic E-state index is -0.195. The lowest BCUT2D eigenvalue weighted by molar-refractivity contribution is -0.126. The van der Waals surface area contributed by atoms with Gasteiger partial charge in [0, 0.05) is 43.5 Å². The fourth-order valence-corrected chi connectivity index (χ4v) is 4.71. The maximum Gasteiger partial charge on any atom is 0.239 e. The van der Waals surface area contributed by atoms with E-state index in [-0.39, 0.29) is 29.9 Å². The molecule has 2 aliphatic heterocycles. The largest absolute Gasteiger partial charge is 0.467 e. The molecule has 9 nitrogen and oxygen atoms in total. The van der Waals surface area contributed by atoms with Gasteiger partial charge >= 0.3 is 0 Å². The number of nitrogens with one attached hydrogen (secondary N) is 2. The lowest BCUT2D eigenvalue weighted by Crippen LogP contribution is -2.49. The predicted molar refractivity (Wildman–Crippen MR) is 107 cm³/mol. The van der Waals surface area contributed by atoms with Crippen molar-refractivity contribution in [3.8, 4) is 0 Å². The first-order valence-corrected chi connectivity index (χ1v) is 10.7. The summed E-state index contributed by atoms with van der Waals surface area (Å²) >= 11 is 1.33. The number of likely N-dealkylation sites (tertiary alicyclic amines) is 1. The molecule has 4 heterocycles. The zero-order valence-corrected chi connectivity index (χ0v) is 17.2. The summed E-state index contributed by atoms with van der Waals surface area (Å²) in [4.78, 5) is 29.5. The minimum Gasteiger partial charge on any atom is -0.467 e. The first-order valence-electron chi connectivity index (χ1n) is 9.90. The molecule has 4 rings (SSSR count). The molecule has 0 aromatic carbocycles. The number of hydrogen-bond acceptors (Lipinski definition) is 8. The standard InChI is InChI=1S/C19H26N6O3S/c1-24-14(4-5-17(26)20-10-15-3-2-8-28-15)9-21-19(27)18-16(24)6-7-25(18)11-13-12-29-23-22-13/h2-3,8,12,14,16,18H,4-7,9-11H2,1H3,(H,20,26)(H,21,27)/t14-,16-,18-/m0/s1. The second-order valence-electron chi connectivity index (χ2n) is 7.63. The number of furan rings is 1. The van der Waals surface area contributed by atoms with E-state index in [9.17, 15) is 9.59 Å². The van der Waals surface area contributed by atoms with Crippen LogP contribution in [-0.4, -0.2) is 69.5 Å². The molecule has 2 fully saturated rings. The molecular weight excluding hydrogens is 392 g/mol. The number of fused-ring (bicyclic) bond motifs is 1. The Morgan fingerprint density at radius 1 is 1.48 bits per heavy atom. The summed E-state index contributed by atoms with van der Waals surface area (Å²) in [5.41, 5.74) is 0.903. The number of hydrogen-bond donors (Lipinski definition) is 2. The molecule has 2 aromatic rings. The van der Waals surface area contributed by atoms with E-state index in [1.54, 1.807) is 12.3 Å². The van der Waals surface area contributed by atoms with E-state index in [0.717, 1.165) is 24.4 Å². The van der Waals surface area contributed by atoms with Crippen LogP contribution >= 0.6 is 11.5 Å². The number of rotatable bonds is 7. The van der Waals surface area contributed by atoms with Crippen molar-refractivity contribution in [3.63, 3.8) is 0 Å². The number of amides is 2. The van der Waals surface area contributed by atoms with Crippen LogP contribution in [0.15, 0.2) is 28.2 Å². The van der Waals surface area contributed by atoms with E-state index in [0.29, 0.717) is 32.5 Å². The van der Waals surface area contributed by atoms with Crippen molar-refractivity contribution in [2.75, 3.05) is 20.1 Å². The smallest absolute Gasteiger partial charge is 0.239 e. The van der Waals surface area contributed by atoms with E-state index < -0.39 is 0 Å². The van der Waals surface area contributed by atoms with Crippen LogP contribution in [-0.2, 0) is 22.7 Å². The van der Waals surface area contributed by atoms with Gasteiger partial charge in [0.05, 0.1) is 18.5 Å². The highest BCUT2D eigenvalue weighted by atomic mass is 32.1. The topological polar surface area (TPSA) is 104 Å². The Bertz CT molecular complexity index is 812. The highest BCUT2D eigenvalue weighted by Gasteiger charge is 2.45. The molecular formula is C19H26N6O3S. The van der Waals surface area contributed by atoms with E-state index >= 15 is 0 Å². The fraction of sp³-hybridized carbons (Fsp3) is 0.579. The van der Waals surface area contributed by atoms with E-state index in [1.165, 1.54) is 11.5 Å². The lowest BCUT2D eigenvalue weighted by atomic mass is 10.0. The highest BCUT2D eigenvalue weighted by Crippen LogP contribution is 2.28. The molecule has 2 aliphatic rings. The number of carbonyl (C=O) groups is 2. The van der Waals surface area contributed by atoms with E-state index in [2.05, 4.69) is 37.1 Å². The van der Waals surface area contributed by atoms with Gasteiger partial charge in [-0.25, -0.2) is 0 Å². The van der Waals surface area contributed by atoms with Crippen LogP contribution in [0.2, 0.25) is 0 Å². The van der Waals surface area contributed by atoms with Gasteiger partial charge in [-0.3, -0.25) is 19.4 Å². The first-order chi connectivity index (χ1) is 14.1. The molecule has 0 radical (unpaired) electrons. The van der Waals surface area contributed by atoms with E-state index in [1.807, 2.05) is 11.4 Å². The predicted octanol–water partition coefficient (Wildman–Crippen LogP) is 0.601. The van der Waals surface area contributed by atoms with Crippen molar-refractivity contribution in [3.05, 3.63) is 35.2 Å². The third-order valence-corrected chi connectivity index (χ3v) is 6.42. The first kappa shape index (κ1) is 20.0. The molecule has 0 bridgehead atoms. The van der Waals surface area contributed by atoms with Gasteiger partial charge in [0.25, 0.3) is 0 Å². The van der Waals surface area contributed by atoms with Crippen LogP contribution < -0.4 is 10.6 Å². The quantitative estimate of drug-likeness (QED) is 0.679. The summed E-state index contributed by atoms with van der Waals surface area (Å²) < 4.78 is 9.15. The third kappa shape index (κ3) is 4.65. The fourth-order valence-electron chi connectivity index (χ4n) is 4.27. The van der Waals surface area contributed by atoms with Crippen LogP contribution in [0.3, 0.4) is 0 Å². The van der Waals surface area contributed by atoms with Crippen molar-refractivity contribution in [1.82, 2.24) is 30.0 Å². The summed E-state index contributed by atoms with van der Waals surface area (Å²) in [6.07, 6.45) is 3.63. The average Bonchev–Trinajstić information content (AvgIpc) is 3.47. The average molecular weight is 419 g/mol. The molecule has 2 N–H and O–H groups in total. The van der Waals surface area contributed by atoms with Gasteiger partial charge in [-0.2, -0.15) is 0 Å². The summed E-state index contributed by atoms with van der Waals surface area (Å²) in [6, 6.07) is 3.71. The third-order valence-electron chi connectivity index (χ3n) is 5.86. The molecule has 2 saturated heterocycles. The molecule has 156 valence electrons. The van der Waals surface area contributed by atoms with Crippen LogP contribution in [0.1, 0.15) is 30.7 Å². The Hall–Kier alpha value is -2.30. The maximum atomic E-state index is 12.8. The van der Waals surface area contributed by atoms with Crippen molar-refractivity contribution < 1.29 is 14.0 Å². The van der Waals surface area contributed by atoms with Gasteiger partial charge in [0.1, 0.15) is 11.8 Å². The SMILES string of the molecule is CN1[C@@H](CCC(=O)NCc2ccco2)CNC(=O)[C@@H]2[C@@H]1CCN2Cc1csnn1. The zero-order chi connectivity index (χ0) is 20.2. The molecule has 0 unspecified atom stereocenters. The lowest BCUT2D eigenvalue weighted by Gasteiger charge is -2.32. The van der Waals surface area contributed by atoms with Crippen molar-refractivity contribution >= 4 is 23.3 Å². The molecule has 2 aromatic heterocycles. The molecule has 0 saturated carbocycles. The number of carbonyl (C=O) groups excluding carboxylic acids is 2. The highest BCUT2D eigenvalue weighted by molar-refractivity contribution is 7.03. The Balaban J connectivity index is 1.32. The minimum absolute atomic E-state index is 0.00833. The van der Waals surface area contributed by atoms with Crippen LogP contribution in [0, 0.1) is 0 Å². The van der Waals surface area contributed by atoms with Crippen molar-refractivity contribution in [2.45, 2.75) is 50.5 Å².